The number of ether oxygens (including phenoxy) is 1. The number of carbonyl (C=O) groups excluding carboxylic acids is 1. The van der Waals surface area contributed by atoms with Gasteiger partial charge in [0.25, 0.3) is 0 Å². The van der Waals surface area contributed by atoms with E-state index >= 15 is 0 Å². The second-order valence-corrected chi connectivity index (χ2v) is 7.93. The minimum Gasteiger partial charge on any atom is -0.379 e. The molecule has 0 unspecified atom stereocenters. The van der Waals surface area contributed by atoms with Crippen molar-refractivity contribution in [3.63, 3.8) is 0 Å². The molecule has 134 valence electrons. The van der Waals surface area contributed by atoms with Gasteiger partial charge in [0.1, 0.15) is 0 Å². The average Bonchev–Trinajstić information content (AvgIpc) is 2.56. The van der Waals surface area contributed by atoms with Gasteiger partial charge in [-0.3, -0.25) is 4.90 Å². The Morgan fingerprint density at radius 2 is 1.74 bits per heavy atom. The number of sulfonamides is 1. The van der Waals surface area contributed by atoms with E-state index in [-0.39, 0.29) is 11.8 Å². The summed E-state index contributed by atoms with van der Waals surface area (Å²) in [6, 6.07) is -0.114. The van der Waals surface area contributed by atoms with E-state index in [1.165, 1.54) is 4.31 Å². The number of amides is 2. The van der Waals surface area contributed by atoms with Crippen LogP contribution in [0.25, 0.3) is 0 Å². The SMILES string of the molecule is CCNC(=O)N1CCN(S(=O)(=O)CCCN2CCOCC2)CC1. The highest BCUT2D eigenvalue weighted by Crippen LogP contribution is 2.10. The highest BCUT2D eigenvalue weighted by molar-refractivity contribution is 7.89. The van der Waals surface area contributed by atoms with Crippen molar-refractivity contribution in [3.8, 4) is 0 Å². The molecule has 23 heavy (non-hydrogen) atoms. The first kappa shape index (κ1) is 18.4. The molecule has 0 aromatic rings. The van der Waals surface area contributed by atoms with Gasteiger partial charge in [-0.1, -0.05) is 0 Å². The third-order valence-electron chi connectivity index (χ3n) is 4.23. The molecule has 2 fully saturated rings. The molecule has 0 aliphatic carbocycles. The summed E-state index contributed by atoms with van der Waals surface area (Å²) in [7, 11) is -3.23. The van der Waals surface area contributed by atoms with Crippen molar-refractivity contribution >= 4 is 16.1 Å². The fourth-order valence-electron chi connectivity index (χ4n) is 2.86. The summed E-state index contributed by atoms with van der Waals surface area (Å²) in [6.07, 6.45) is 0.638. The molecule has 2 heterocycles. The van der Waals surface area contributed by atoms with E-state index in [4.69, 9.17) is 4.74 Å². The maximum atomic E-state index is 12.4. The maximum absolute atomic E-state index is 12.4. The molecule has 9 heteroatoms. The molecule has 0 bridgehead atoms. The van der Waals surface area contributed by atoms with Crippen LogP contribution in [-0.4, -0.2) is 99.9 Å². The van der Waals surface area contributed by atoms with Gasteiger partial charge in [0, 0.05) is 45.8 Å². The van der Waals surface area contributed by atoms with Gasteiger partial charge >= 0.3 is 6.03 Å². The summed E-state index contributed by atoms with van der Waals surface area (Å²) in [5.74, 6) is 0.172. The van der Waals surface area contributed by atoms with Gasteiger partial charge < -0.3 is 15.0 Å². The minimum atomic E-state index is -3.23. The first-order chi connectivity index (χ1) is 11.0. The fraction of sp³-hybridized carbons (Fsp3) is 0.929. The molecule has 2 aliphatic heterocycles. The van der Waals surface area contributed by atoms with Crippen molar-refractivity contribution in [2.45, 2.75) is 13.3 Å². The standard InChI is InChI=1S/C14H28N4O4S/c1-2-15-14(19)17-5-7-18(8-6-17)23(20,21)13-3-4-16-9-11-22-12-10-16/h2-13H2,1H3,(H,15,19). The number of rotatable bonds is 6. The molecule has 0 saturated carbocycles. The Hall–Kier alpha value is -0.900. The zero-order valence-corrected chi connectivity index (χ0v) is 14.7. The molecule has 0 aromatic carbocycles. The first-order valence-electron chi connectivity index (χ1n) is 8.33. The van der Waals surface area contributed by atoms with Crippen molar-refractivity contribution in [2.24, 2.45) is 0 Å². The van der Waals surface area contributed by atoms with E-state index in [9.17, 15) is 13.2 Å². The highest BCUT2D eigenvalue weighted by Gasteiger charge is 2.28. The summed E-state index contributed by atoms with van der Waals surface area (Å²) in [6.45, 7) is 8.14. The monoisotopic (exact) mass is 348 g/mol. The molecule has 1 N–H and O–H groups in total. The van der Waals surface area contributed by atoms with E-state index in [0.29, 0.717) is 39.1 Å². The fourth-order valence-corrected chi connectivity index (χ4v) is 4.33. The molecule has 0 aromatic heterocycles. The van der Waals surface area contributed by atoms with Crippen LogP contribution >= 0.6 is 0 Å². The second kappa shape index (κ2) is 8.81. The lowest BCUT2D eigenvalue weighted by Gasteiger charge is -2.34. The van der Waals surface area contributed by atoms with Crippen LogP contribution in [0.5, 0.6) is 0 Å². The molecule has 2 rings (SSSR count). The van der Waals surface area contributed by atoms with Gasteiger partial charge in [0.15, 0.2) is 0 Å². The zero-order valence-electron chi connectivity index (χ0n) is 13.9. The van der Waals surface area contributed by atoms with Crippen molar-refractivity contribution < 1.29 is 17.9 Å². The van der Waals surface area contributed by atoms with E-state index < -0.39 is 10.0 Å². The quantitative estimate of drug-likeness (QED) is 0.692. The van der Waals surface area contributed by atoms with Gasteiger partial charge in [0.05, 0.1) is 19.0 Å². The predicted molar refractivity (Wildman–Crippen MR) is 87.9 cm³/mol. The number of hydrogen-bond acceptors (Lipinski definition) is 5. The van der Waals surface area contributed by atoms with Crippen molar-refractivity contribution in [1.29, 1.82) is 0 Å². The van der Waals surface area contributed by atoms with E-state index in [1.807, 2.05) is 6.92 Å². The number of hydrogen-bond donors (Lipinski definition) is 1. The Balaban J connectivity index is 1.71. The number of nitrogens with zero attached hydrogens (tertiary/aromatic N) is 3. The van der Waals surface area contributed by atoms with Gasteiger partial charge in [-0.25, -0.2) is 13.2 Å². The molecule has 2 aliphatic rings. The third-order valence-corrected chi connectivity index (χ3v) is 6.18. The van der Waals surface area contributed by atoms with Gasteiger partial charge in [-0.2, -0.15) is 4.31 Å². The molecule has 0 spiro atoms. The molecular formula is C14H28N4O4S. The van der Waals surface area contributed by atoms with E-state index in [0.717, 1.165) is 32.8 Å². The number of urea groups is 1. The summed E-state index contributed by atoms with van der Waals surface area (Å²) in [5, 5.41) is 2.74. The Morgan fingerprint density at radius 1 is 1.09 bits per heavy atom. The van der Waals surface area contributed by atoms with Crippen LogP contribution in [0.1, 0.15) is 13.3 Å². The van der Waals surface area contributed by atoms with E-state index in [2.05, 4.69) is 10.2 Å². The largest absolute Gasteiger partial charge is 0.379 e. The number of nitrogens with one attached hydrogen (secondary N) is 1. The molecule has 2 saturated heterocycles. The third kappa shape index (κ3) is 5.59. The zero-order chi connectivity index (χ0) is 16.7. The number of carbonyl (C=O) groups is 1. The van der Waals surface area contributed by atoms with E-state index in [1.54, 1.807) is 4.90 Å². The Kier molecular flexibility index (Phi) is 7.07. The summed E-state index contributed by atoms with van der Waals surface area (Å²) >= 11 is 0. The first-order valence-corrected chi connectivity index (χ1v) is 9.94. The van der Waals surface area contributed by atoms with Crippen LogP contribution in [0, 0.1) is 0 Å². The van der Waals surface area contributed by atoms with Crippen LogP contribution in [0.15, 0.2) is 0 Å². The predicted octanol–water partition coefficient (Wildman–Crippen LogP) is -0.614. The van der Waals surface area contributed by atoms with Crippen molar-refractivity contribution in [3.05, 3.63) is 0 Å². The van der Waals surface area contributed by atoms with Gasteiger partial charge in [-0.05, 0) is 19.9 Å². The maximum Gasteiger partial charge on any atom is 0.317 e. The summed E-state index contributed by atoms with van der Waals surface area (Å²) in [4.78, 5) is 15.6. The molecular weight excluding hydrogens is 320 g/mol. The van der Waals surface area contributed by atoms with Crippen LogP contribution in [-0.2, 0) is 14.8 Å². The lowest BCUT2D eigenvalue weighted by molar-refractivity contribution is 0.0380. The summed E-state index contributed by atoms with van der Waals surface area (Å²) in [5.41, 5.74) is 0. The smallest absolute Gasteiger partial charge is 0.317 e. The van der Waals surface area contributed by atoms with Gasteiger partial charge in [-0.15, -0.1) is 0 Å². The Bertz CT molecular complexity index is 471. The summed E-state index contributed by atoms with van der Waals surface area (Å²) < 4.78 is 31.6. The number of morpholine rings is 1. The topological polar surface area (TPSA) is 82.2 Å². The van der Waals surface area contributed by atoms with Gasteiger partial charge in [0.2, 0.25) is 10.0 Å². The Labute approximate surface area is 138 Å². The van der Waals surface area contributed by atoms with Crippen LogP contribution < -0.4 is 5.32 Å². The van der Waals surface area contributed by atoms with Crippen molar-refractivity contribution in [2.75, 3.05) is 71.3 Å². The lowest BCUT2D eigenvalue weighted by atomic mass is 10.4. The molecule has 0 radical (unpaired) electrons. The van der Waals surface area contributed by atoms with Crippen LogP contribution in [0.4, 0.5) is 4.79 Å². The normalized spacial score (nSPS) is 21.3. The van der Waals surface area contributed by atoms with Crippen LogP contribution in [0.3, 0.4) is 0 Å². The Morgan fingerprint density at radius 3 is 2.35 bits per heavy atom. The van der Waals surface area contributed by atoms with Crippen LogP contribution in [0.2, 0.25) is 0 Å². The molecule has 2 amide bonds. The number of piperazine rings is 1. The second-order valence-electron chi connectivity index (χ2n) is 5.85. The molecule has 0 atom stereocenters. The molecule has 8 nitrogen and oxygen atoms in total. The average molecular weight is 348 g/mol. The van der Waals surface area contributed by atoms with Crippen molar-refractivity contribution in [1.82, 2.24) is 19.4 Å². The minimum absolute atomic E-state index is 0.114. The highest BCUT2D eigenvalue weighted by atomic mass is 32.2. The lowest BCUT2D eigenvalue weighted by Crippen LogP contribution is -2.53.